The van der Waals surface area contributed by atoms with E-state index in [1.54, 1.807) is 0 Å². The zero-order valence-corrected chi connectivity index (χ0v) is 11.1. The van der Waals surface area contributed by atoms with Crippen molar-refractivity contribution in [1.29, 1.82) is 0 Å². The van der Waals surface area contributed by atoms with E-state index in [4.69, 9.17) is 4.74 Å². The Kier molecular flexibility index (Phi) is 4.40. The first-order valence-electron chi connectivity index (χ1n) is 6.59. The summed E-state index contributed by atoms with van der Waals surface area (Å²) in [6.07, 6.45) is 2.27. The van der Waals surface area contributed by atoms with Gasteiger partial charge in [0.1, 0.15) is 5.75 Å². The van der Waals surface area contributed by atoms with Gasteiger partial charge < -0.3 is 4.74 Å². The molecule has 1 nitrogen and oxygen atoms in total. The molecule has 0 atom stereocenters. The van der Waals surface area contributed by atoms with Gasteiger partial charge in [-0.05, 0) is 42.2 Å². The molecule has 1 heteroatoms. The summed E-state index contributed by atoms with van der Waals surface area (Å²) in [5.41, 5.74) is 3.70. The maximum absolute atomic E-state index is 5.79. The Morgan fingerprint density at radius 1 is 0.944 bits per heavy atom. The van der Waals surface area contributed by atoms with E-state index in [1.165, 1.54) is 16.7 Å². The monoisotopic (exact) mass is 240 g/mol. The lowest BCUT2D eigenvalue weighted by Gasteiger charge is -2.09. The minimum Gasteiger partial charge on any atom is -0.494 e. The van der Waals surface area contributed by atoms with Crippen LogP contribution in [0, 0.1) is 6.92 Å². The fourth-order valence-electron chi connectivity index (χ4n) is 1.96. The zero-order valence-electron chi connectivity index (χ0n) is 11.1. The van der Waals surface area contributed by atoms with Crippen LogP contribution >= 0.6 is 0 Å². The quantitative estimate of drug-likeness (QED) is 0.679. The van der Waals surface area contributed by atoms with E-state index in [2.05, 4.69) is 56.3 Å². The van der Waals surface area contributed by atoms with Crippen LogP contribution in [0.4, 0.5) is 0 Å². The Morgan fingerprint density at radius 3 is 2.44 bits per heavy atom. The second-order valence-corrected chi connectivity index (χ2v) is 4.60. The van der Waals surface area contributed by atoms with Crippen molar-refractivity contribution in [2.24, 2.45) is 0 Å². The molecular formula is C17H20O. The van der Waals surface area contributed by atoms with Gasteiger partial charge >= 0.3 is 0 Å². The van der Waals surface area contributed by atoms with Crippen LogP contribution in [0.1, 0.15) is 25.3 Å². The number of ether oxygens (including phenoxy) is 1. The first kappa shape index (κ1) is 12.7. The third kappa shape index (κ3) is 3.36. The van der Waals surface area contributed by atoms with Crippen LogP contribution in [-0.2, 0) is 0 Å². The van der Waals surface area contributed by atoms with Gasteiger partial charge in [0.2, 0.25) is 0 Å². The summed E-state index contributed by atoms with van der Waals surface area (Å²) in [6.45, 7) is 5.09. The van der Waals surface area contributed by atoms with Gasteiger partial charge in [0.15, 0.2) is 0 Å². The Bertz CT molecular complexity index is 488. The molecule has 0 aliphatic rings. The molecule has 94 valence electrons. The van der Waals surface area contributed by atoms with Crippen LogP contribution in [-0.4, -0.2) is 6.61 Å². The smallest absolute Gasteiger partial charge is 0.120 e. The van der Waals surface area contributed by atoms with Gasteiger partial charge in [-0.2, -0.15) is 0 Å². The van der Waals surface area contributed by atoms with Crippen LogP contribution in [0.25, 0.3) is 11.1 Å². The van der Waals surface area contributed by atoms with E-state index in [1.807, 2.05) is 6.07 Å². The number of rotatable bonds is 5. The topological polar surface area (TPSA) is 9.23 Å². The number of benzene rings is 2. The molecule has 2 aromatic carbocycles. The van der Waals surface area contributed by atoms with Gasteiger partial charge in [0, 0.05) is 0 Å². The molecule has 0 saturated heterocycles. The molecule has 0 spiro atoms. The van der Waals surface area contributed by atoms with Crippen molar-refractivity contribution in [2.45, 2.75) is 26.7 Å². The van der Waals surface area contributed by atoms with Crippen molar-refractivity contribution in [2.75, 3.05) is 6.61 Å². The maximum Gasteiger partial charge on any atom is 0.120 e. The average Bonchev–Trinajstić information content (AvgIpc) is 2.39. The van der Waals surface area contributed by atoms with Crippen LogP contribution in [0.2, 0.25) is 0 Å². The van der Waals surface area contributed by atoms with Crippen LogP contribution < -0.4 is 4.74 Å². The predicted molar refractivity (Wildman–Crippen MR) is 77.0 cm³/mol. The first-order chi connectivity index (χ1) is 8.79. The lowest BCUT2D eigenvalue weighted by Crippen LogP contribution is -1.97. The Labute approximate surface area is 109 Å². The number of hydrogen-bond donors (Lipinski definition) is 0. The molecule has 0 saturated carbocycles. The molecule has 0 aromatic heterocycles. The highest BCUT2D eigenvalue weighted by atomic mass is 16.5. The second-order valence-electron chi connectivity index (χ2n) is 4.60. The van der Waals surface area contributed by atoms with Crippen molar-refractivity contribution < 1.29 is 4.74 Å². The summed E-state index contributed by atoms with van der Waals surface area (Å²) in [7, 11) is 0. The highest BCUT2D eigenvalue weighted by Gasteiger charge is 2.01. The van der Waals surface area contributed by atoms with E-state index >= 15 is 0 Å². The molecule has 0 amide bonds. The van der Waals surface area contributed by atoms with E-state index in [0.29, 0.717) is 0 Å². The maximum atomic E-state index is 5.79. The Morgan fingerprint density at radius 2 is 1.72 bits per heavy atom. The number of unbranched alkanes of at least 4 members (excludes halogenated alkanes) is 1. The molecule has 0 fully saturated rings. The summed E-state index contributed by atoms with van der Waals surface area (Å²) in [5.74, 6) is 0.974. The largest absolute Gasteiger partial charge is 0.494 e. The van der Waals surface area contributed by atoms with E-state index in [0.717, 1.165) is 25.2 Å². The fourth-order valence-corrected chi connectivity index (χ4v) is 1.96. The van der Waals surface area contributed by atoms with Gasteiger partial charge in [-0.15, -0.1) is 0 Å². The first-order valence-corrected chi connectivity index (χ1v) is 6.59. The summed E-state index contributed by atoms with van der Waals surface area (Å²) >= 11 is 0. The highest BCUT2D eigenvalue weighted by Crippen LogP contribution is 2.25. The van der Waals surface area contributed by atoms with Gasteiger partial charge in [-0.1, -0.05) is 49.7 Å². The van der Waals surface area contributed by atoms with Crippen molar-refractivity contribution >= 4 is 0 Å². The Balaban J connectivity index is 2.21. The fraction of sp³-hybridized carbons (Fsp3) is 0.294. The molecule has 0 bridgehead atoms. The van der Waals surface area contributed by atoms with Crippen molar-refractivity contribution in [1.82, 2.24) is 0 Å². The van der Waals surface area contributed by atoms with Crippen molar-refractivity contribution in [3.63, 3.8) is 0 Å². The molecule has 0 radical (unpaired) electrons. The lowest BCUT2D eigenvalue weighted by atomic mass is 10.0. The minimum atomic E-state index is 0.800. The molecular weight excluding hydrogens is 220 g/mol. The van der Waals surface area contributed by atoms with Gasteiger partial charge in [0.05, 0.1) is 6.61 Å². The molecule has 0 unspecified atom stereocenters. The standard InChI is InChI=1S/C17H20O/c1-3-4-10-18-17-12-14(2)11-16(13-17)15-8-6-5-7-9-15/h5-9,11-13H,3-4,10H2,1-2H3. The third-order valence-electron chi connectivity index (χ3n) is 2.92. The third-order valence-corrected chi connectivity index (χ3v) is 2.92. The molecule has 0 N–H and O–H groups in total. The van der Waals surface area contributed by atoms with Crippen LogP contribution in [0.3, 0.4) is 0 Å². The van der Waals surface area contributed by atoms with Gasteiger partial charge in [-0.3, -0.25) is 0 Å². The molecule has 18 heavy (non-hydrogen) atoms. The molecule has 0 aliphatic carbocycles. The van der Waals surface area contributed by atoms with Crippen molar-refractivity contribution in [3.05, 3.63) is 54.1 Å². The van der Waals surface area contributed by atoms with E-state index < -0.39 is 0 Å². The van der Waals surface area contributed by atoms with Gasteiger partial charge in [0.25, 0.3) is 0 Å². The number of hydrogen-bond acceptors (Lipinski definition) is 1. The van der Waals surface area contributed by atoms with E-state index in [9.17, 15) is 0 Å². The predicted octanol–water partition coefficient (Wildman–Crippen LogP) is 4.84. The lowest BCUT2D eigenvalue weighted by molar-refractivity contribution is 0.309. The normalized spacial score (nSPS) is 10.3. The summed E-state index contributed by atoms with van der Waals surface area (Å²) in [5, 5.41) is 0. The summed E-state index contributed by atoms with van der Waals surface area (Å²) in [6, 6.07) is 16.8. The Hall–Kier alpha value is -1.76. The average molecular weight is 240 g/mol. The zero-order chi connectivity index (χ0) is 12.8. The summed E-state index contributed by atoms with van der Waals surface area (Å²) < 4.78 is 5.79. The van der Waals surface area contributed by atoms with E-state index in [-0.39, 0.29) is 0 Å². The molecule has 2 aromatic rings. The SMILES string of the molecule is CCCCOc1cc(C)cc(-c2ccccc2)c1. The van der Waals surface area contributed by atoms with Crippen LogP contribution in [0.15, 0.2) is 48.5 Å². The van der Waals surface area contributed by atoms with Crippen LogP contribution in [0.5, 0.6) is 5.75 Å². The van der Waals surface area contributed by atoms with Gasteiger partial charge in [-0.25, -0.2) is 0 Å². The van der Waals surface area contributed by atoms with Crippen molar-refractivity contribution in [3.8, 4) is 16.9 Å². The second kappa shape index (κ2) is 6.25. The molecule has 0 aliphatic heterocycles. The molecule has 0 heterocycles. The highest BCUT2D eigenvalue weighted by molar-refractivity contribution is 5.66. The summed E-state index contributed by atoms with van der Waals surface area (Å²) in [4.78, 5) is 0. The minimum absolute atomic E-state index is 0.800. The molecule has 2 rings (SSSR count). The number of aryl methyl sites for hydroxylation is 1.